The van der Waals surface area contributed by atoms with Gasteiger partial charge in [-0.05, 0) is 59.7 Å². The van der Waals surface area contributed by atoms with Gasteiger partial charge < -0.3 is 8.98 Å². The van der Waals surface area contributed by atoms with Crippen LogP contribution in [0.25, 0.3) is 60.6 Å². The van der Waals surface area contributed by atoms with E-state index in [1.807, 2.05) is 18.2 Å². The molecule has 2 heterocycles. The summed E-state index contributed by atoms with van der Waals surface area (Å²) >= 11 is 6.56. The summed E-state index contributed by atoms with van der Waals surface area (Å²) in [6, 6.07) is 37.9. The Balaban J connectivity index is 1.58. The number of fused-ring (bicyclic) bond motifs is 6. The monoisotopic (exact) mass is 443 g/mol. The summed E-state index contributed by atoms with van der Waals surface area (Å²) in [4.78, 5) is 0. The summed E-state index contributed by atoms with van der Waals surface area (Å²) in [5, 5.41) is 5.20. The normalized spacial score (nSPS) is 11.8. The number of para-hydroxylation sites is 2. The van der Waals surface area contributed by atoms with Gasteiger partial charge in [0.1, 0.15) is 11.2 Å². The Kier molecular flexibility index (Phi) is 3.93. The number of rotatable bonds is 2. The molecule has 0 saturated heterocycles. The highest BCUT2D eigenvalue weighted by Gasteiger charge is 2.17. The molecule has 5 aromatic carbocycles. The smallest absolute Gasteiger partial charge is 0.136 e. The molecule has 3 heteroatoms. The fourth-order valence-electron chi connectivity index (χ4n) is 5.07. The molecule has 7 aromatic rings. The van der Waals surface area contributed by atoms with Crippen LogP contribution in [0.3, 0.4) is 0 Å². The van der Waals surface area contributed by atoms with E-state index in [1.165, 1.54) is 27.4 Å². The minimum Gasteiger partial charge on any atom is -0.456 e. The third-order valence-corrected chi connectivity index (χ3v) is 6.78. The van der Waals surface area contributed by atoms with Gasteiger partial charge in [-0.1, -0.05) is 72.3 Å². The highest BCUT2D eigenvalue weighted by molar-refractivity contribution is 6.37. The van der Waals surface area contributed by atoms with Crippen molar-refractivity contribution < 1.29 is 4.42 Å². The summed E-state index contributed by atoms with van der Waals surface area (Å²) < 4.78 is 8.40. The van der Waals surface area contributed by atoms with E-state index in [4.69, 9.17) is 16.0 Å². The van der Waals surface area contributed by atoms with Crippen LogP contribution in [-0.4, -0.2) is 4.57 Å². The Labute approximate surface area is 195 Å². The molecule has 2 nitrogen and oxygen atoms in total. The molecule has 0 amide bonds. The maximum atomic E-state index is 6.56. The van der Waals surface area contributed by atoms with Gasteiger partial charge in [0.05, 0.1) is 16.1 Å². The third-order valence-electron chi connectivity index (χ3n) is 6.47. The highest BCUT2D eigenvalue weighted by atomic mass is 35.5. The van der Waals surface area contributed by atoms with E-state index < -0.39 is 0 Å². The van der Waals surface area contributed by atoms with Crippen LogP contribution < -0.4 is 0 Å². The number of hydrogen-bond donors (Lipinski definition) is 0. The predicted molar refractivity (Wildman–Crippen MR) is 139 cm³/mol. The van der Waals surface area contributed by atoms with Crippen LogP contribution in [0, 0.1) is 0 Å². The Morgan fingerprint density at radius 1 is 0.576 bits per heavy atom. The van der Waals surface area contributed by atoms with E-state index in [9.17, 15) is 0 Å². The number of hydrogen-bond acceptors (Lipinski definition) is 1. The molecule has 156 valence electrons. The molecule has 0 aliphatic heterocycles. The lowest BCUT2D eigenvalue weighted by Crippen LogP contribution is -1.92. The number of benzene rings is 5. The van der Waals surface area contributed by atoms with Crippen molar-refractivity contribution in [2.45, 2.75) is 0 Å². The molecule has 0 fully saturated rings. The van der Waals surface area contributed by atoms with E-state index in [0.717, 1.165) is 33.2 Å². The van der Waals surface area contributed by atoms with Crippen molar-refractivity contribution in [3.05, 3.63) is 114 Å². The molecule has 0 bridgehead atoms. The predicted octanol–water partition coefficient (Wildman–Crippen LogP) is 9.00. The molecule has 2 aromatic heterocycles. The van der Waals surface area contributed by atoms with Crippen molar-refractivity contribution in [3.63, 3.8) is 0 Å². The van der Waals surface area contributed by atoms with Crippen LogP contribution in [0.15, 0.2) is 114 Å². The molecule has 0 atom stereocenters. The van der Waals surface area contributed by atoms with Gasteiger partial charge in [-0.25, -0.2) is 0 Å². The summed E-state index contributed by atoms with van der Waals surface area (Å²) in [6.07, 6.45) is 0. The topological polar surface area (TPSA) is 18.1 Å². The zero-order chi connectivity index (χ0) is 21.9. The van der Waals surface area contributed by atoms with Crippen molar-refractivity contribution in [1.29, 1.82) is 0 Å². The second-order valence-corrected chi connectivity index (χ2v) is 8.72. The molecular formula is C30H18ClNO. The molecule has 33 heavy (non-hydrogen) atoms. The standard InChI is InChI=1S/C30H18ClNO/c31-24-12-7-15-28-30(24)23-18-19(16-17-27(23)33-28)21-11-6-14-26-29(21)22-10-4-5-13-25(22)32(26)20-8-2-1-3-9-20/h1-18H. The number of furan rings is 1. The molecule has 0 aliphatic carbocycles. The van der Waals surface area contributed by atoms with Crippen LogP contribution in [-0.2, 0) is 0 Å². The van der Waals surface area contributed by atoms with Crippen LogP contribution in [0.5, 0.6) is 0 Å². The Morgan fingerprint density at radius 2 is 1.36 bits per heavy atom. The molecule has 0 spiro atoms. The molecule has 7 rings (SSSR count). The first-order valence-electron chi connectivity index (χ1n) is 11.0. The van der Waals surface area contributed by atoms with E-state index in [-0.39, 0.29) is 0 Å². The van der Waals surface area contributed by atoms with Crippen LogP contribution in [0.2, 0.25) is 5.02 Å². The Bertz CT molecular complexity index is 1830. The Morgan fingerprint density at radius 3 is 2.27 bits per heavy atom. The average Bonchev–Trinajstić information content (AvgIpc) is 3.40. The molecule has 0 aliphatic rings. The van der Waals surface area contributed by atoms with Crippen molar-refractivity contribution in [3.8, 4) is 16.8 Å². The quantitative estimate of drug-likeness (QED) is 0.260. The van der Waals surface area contributed by atoms with Gasteiger partial charge in [-0.3, -0.25) is 0 Å². The molecule has 0 N–H and O–H groups in total. The average molecular weight is 444 g/mol. The van der Waals surface area contributed by atoms with E-state index in [2.05, 4.69) is 95.6 Å². The summed E-state index contributed by atoms with van der Waals surface area (Å²) in [7, 11) is 0. The second-order valence-electron chi connectivity index (χ2n) is 8.31. The largest absolute Gasteiger partial charge is 0.456 e. The first-order chi connectivity index (χ1) is 16.3. The lowest BCUT2D eigenvalue weighted by molar-refractivity contribution is 0.669. The first-order valence-corrected chi connectivity index (χ1v) is 11.4. The van der Waals surface area contributed by atoms with Crippen LogP contribution in [0.1, 0.15) is 0 Å². The van der Waals surface area contributed by atoms with Crippen LogP contribution >= 0.6 is 11.6 Å². The number of halogens is 1. The van der Waals surface area contributed by atoms with Crippen molar-refractivity contribution in [1.82, 2.24) is 4.57 Å². The zero-order valence-corrected chi connectivity index (χ0v) is 18.4. The second kappa shape index (κ2) is 6.99. The first kappa shape index (κ1) is 18.6. The summed E-state index contributed by atoms with van der Waals surface area (Å²) in [5.74, 6) is 0. The van der Waals surface area contributed by atoms with Crippen LogP contribution in [0.4, 0.5) is 0 Å². The van der Waals surface area contributed by atoms with Gasteiger partial charge in [0.15, 0.2) is 0 Å². The minimum absolute atomic E-state index is 0.710. The fourth-order valence-corrected chi connectivity index (χ4v) is 5.33. The molecule has 0 radical (unpaired) electrons. The maximum absolute atomic E-state index is 6.56. The molecule has 0 saturated carbocycles. The zero-order valence-electron chi connectivity index (χ0n) is 17.6. The third kappa shape index (κ3) is 2.68. The van der Waals surface area contributed by atoms with Gasteiger partial charge in [0.25, 0.3) is 0 Å². The number of aromatic nitrogens is 1. The van der Waals surface area contributed by atoms with Crippen molar-refractivity contribution in [2.75, 3.05) is 0 Å². The van der Waals surface area contributed by atoms with Gasteiger partial charge in [0, 0.05) is 27.2 Å². The lowest BCUT2D eigenvalue weighted by atomic mass is 9.98. The van der Waals surface area contributed by atoms with Gasteiger partial charge in [-0.15, -0.1) is 0 Å². The van der Waals surface area contributed by atoms with E-state index in [1.54, 1.807) is 0 Å². The molecular weight excluding hydrogens is 426 g/mol. The Hall–Kier alpha value is -4.01. The summed E-state index contributed by atoms with van der Waals surface area (Å²) in [6.45, 7) is 0. The highest BCUT2D eigenvalue weighted by Crippen LogP contribution is 2.41. The van der Waals surface area contributed by atoms with Gasteiger partial charge in [-0.2, -0.15) is 0 Å². The lowest BCUT2D eigenvalue weighted by Gasteiger charge is -2.08. The molecule has 0 unspecified atom stereocenters. The van der Waals surface area contributed by atoms with Gasteiger partial charge >= 0.3 is 0 Å². The fraction of sp³-hybridized carbons (Fsp3) is 0. The van der Waals surface area contributed by atoms with Crippen molar-refractivity contribution >= 4 is 55.3 Å². The minimum atomic E-state index is 0.710. The SMILES string of the molecule is Clc1cccc2oc3ccc(-c4cccc5c4c4ccccc4n5-c4ccccc4)cc3c12. The van der Waals surface area contributed by atoms with E-state index >= 15 is 0 Å². The van der Waals surface area contributed by atoms with Gasteiger partial charge in [0.2, 0.25) is 0 Å². The van der Waals surface area contributed by atoms with Crippen molar-refractivity contribution in [2.24, 2.45) is 0 Å². The van der Waals surface area contributed by atoms with E-state index in [0.29, 0.717) is 5.02 Å². The maximum Gasteiger partial charge on any atom is 0.136 e. The summed E-state index contributed by atoms with van der Waals surface area (Å²) in [5.41, 5.74) is 7.55. The number of nitrogens with zero attached hydrogens (tertiary/aromatic N) is 1.